The van der Waals surface area contributed by atoms with Crippen molar-refractivity contribution in [3.63, 3.8) is 0 Å². The molecule has 15 heavy (non-hydrogen) atoms. The summed E-state index contributed by atoms with van der Waals surface area (Å²) in [6.07, 6.45) is 5.97. The minimum atomic E-state index is -0.304. The van der Waals surface area contributed by atoms with Crippen LogP contribution < -0.4 is 0 Å². The van der Waals surface area contributed by atoms with Crippen LogP contribution in [0.2, 0.25) is 0 Å². The molecule has 2 aliphatic rings. The first-order chi connectivity index (χ1) is 7.16. The largest absolute Gasteiger partial charge is 0.341 e. The number of likely N-dealkylation sites (tertiary alicyclic amines) is 1. The summed E-state index contributed by atoms with van der Waals surface area (Å²) in [4.78, 5) is 8.47. The first-order valence-corrected chi connectivity index (χ1v) is 5.99. The molecule has 2 rings (SSSR count). The molecule has 0 aromatic carbocycles. The van der Waals surface area contributed by atoms with E-state index in [2.05, 4.69) is 16.9 Å². The molecule has 0 N–H and O–H groups in total. The van der Waals surface area contributed by atoms with Gasteiger partial charge in [0, 0.05) is 25.0 Å². The van der Waals surface area contributed by atoms with Gasteiger partial charge in [-0.15, -0.1) is 0 Å². The zero-order valence-corrected chi connectivity index (χ0v) is 10.2. The monoisotopic (exact) mass is 247 g/mol. The second-order valence-electron chi connectivity index (χ2n) is 4.08. The lowest BCUT2D eigenvalue weighted by molar-refractivity contribution is 0.228. The molecule has 1 saturated heterocycles. The summed E-state index contributed by atoms with van der Waals surface area (Å²) in [5.41, 5.74) is -0.304. The van der Waals surface area contributed by atoms with Crippen molar-refractivity contribution in [1.82, 2.24) is 9.80 Å². The third kappa shape index (κ3) is 2.65. The van der Waals surface area contributed by atoms with Gasteiger partial charge >= 0.3 is 0 Å². The van der Waals surface area contributed by atoms with Crippen LogP contribution in [-0.2, 0) is 0 Å². The third-order valence-corrected chi connectivity index (χ3v) is 3.54. The number of hydrogen-bond donors (Lipinski definition) is 0. The molecule has 0 spiro atoms. The number of hydrogen-bond acceptors (Lipinski definition) is 3. The highest BCUT2D eigenvalue weighted by atomic mass is 35.5. The van der Waals surface area contributed by atoms with Gasteiger partial charge in [-0.2, -0.15) is 0 Å². The molecular formula is C10H15Cl2N3. The first kappa shape index (κ1) is 11.2. The Morgan fingerprint density at radius 1 is 1.60 bits per heavy atom. The van der Waals surface area contributed by atoms with E-state index in [0.717, 1.165) is 6.54 Å². The zero-order chi connectivity index (χ0) is 10.8. The Balaban J connectivity index is 1.96. The molecule has 2 unspecified atom stereocenters. The number of likely N-dealkylation sites (N-methyl/N-ethyl adjacent to an activating group) is 1. The molecule has 2 atom stereocenters. The molecule has 84 valence electrons. The lowest BCUT2D eigenvalue weighted by atomic mass is 10.2. The van der Waals surface area contributed by atoms with Crippen LogP contribution in [0.15, 0.2) is 16.2 Å². The van der Waals surface area contributed by atoms with Crippen molar-refractivity contribution in [3.05, 3.63) is 11.2 Å². The van der Waals surface area contributed by atoms with Crippen molar-refractivity contribution in [2.75, 3.05) is 20.1 Å². The number of aliphatic imine (C=N–C) groups is 1. The van der Waals surface area contributed by atoms with E-state index in [9.17, 15) is 0 Å². The summed E-state index contributed by atoms with van der Waals surface area (Å²) in [6, 6.07) is 0.570. The predicted octanol–water partition coefficient (Wildman–Crippen LogP) is 2.07. The van der Waals surface area contributed by atoms with Gasteiger partial charge in [0.1, 0.15) is 0 Å². The van der Waals surface area contributed by atoms with E-state index in [0.29, 0.717) is 11.1 Å². The number of rotatable bonds is 2. The summed E-state index contributed by atoms with van der Waals surface area (Å²) < 4.78 is 0. The van der Waals surface area contributed by atoms with Crippen LogP contribution in [0.25, 0.3) is 0 Å². The van der Waals surface area contributed by atoms with E-state index in [1.165, 1.54) is 19.4 Å². The number of nitrogens with zero attached hydrogens (tertiary/aromatic N) is 3. The second kappa shape index (κ2) is 4.73. The molecule has 2 aliphatic heterocycles. The zero-order valence-electron chi connectivity index (χ0n) is 8.74. The van der Waals surface area contributed by atoms with E-state index in [-0.39, 0.29) is 5.62 Å². The van der Waals surface area contributed by atoms with Gasteiger partial charge in [-0.25, -0.2) is 0 Å². The smallest absolute Gasteiger partial charge is 0.197 e. The number of allylic oxidation sites excluding steroid dienone is 1. The molecule has 0 bridgehead atoms. The second-order valence-corrected chi connectivity index (χ2v) is 4.90. The molecule has 2 heterocycles. The van der Waals surface area contributed by atoms with Gasteiger partial charge in [0.05, 0.1) is 5.03 Å². The average molecular weight is 248 g/mol. The predicted molar refractivity (Wildman–Crippen MR) is 64.4 cm³/mol. The van der Waals surface area contributed by atoms with Crippen molar-refractivity contribution in [1.29, 1.82) is 0 Å². The highest BCUT2D eigenvalue weighted by Crippen LogP contribution is 2.21. The van der Waals surface area contributed by atoms with Crippen molar-refractivity contribution in [2.24, 2.45) is 4.99 Å². The maximum Gasteiger partial charge on any atom is 0.197 e. The topological polar surface area (TPSA) is 18.8 Å². The van der Waals surface area contributed by atoms with E-state index < -0.39 is 0 Å². The first-order valence-electron chi connectivity index (χ1n) is 5.17. The van der Waals surface area contributed by atoms with E-state index in [1.54, 1.807) is 6.21 Å². The molecule has 0 radical (unpaired) electrons. The SMILES string of the molecule is CN1CCCC1CN1C=C(Cl)C=NC1Cl. The van der Waals surface area contributed by atoms with Crippen molar-refractivity contribution in [3.8, 4) is 0 Å². The van der Waals surface area contributed by atoms with Gasteiger partial charge < -0.3 is 9.80 Å². The van der Waals surface area contributed by atoms with Crippen LogP contribution in [0.5, 0.6) is 0 Å². The molecule has 0 amide bonds. The lowest BCUT2D eigenvalue weighted by Crippen LogP contribution is -2.39. The Bertz CT molecular complexity index is 290. The fourth-order valence-electron chi connectivity index (χ4n) is 2.06. The Morgan fingerprint density at radius 2 is 2.40 bits per heavy atom. The summed E-state index contributed by atoms with van der Waals surface area (Å²) in [5.74, 6) is 0. The molecule has 5 heteroatoms. The Labute approximate surface area is 100 Å². The lowest BCUT2D eigenvalue weighted by Gasteiger charge is -2.31. The highest BCUT2D eigenvalue weighted by Gasteiger charge is 2.25. The van der Waals surface area contributed by atoms with Crippen molar-refractivity contribution < 1.29 is 0 Å². The van der Waals surface area contributed by atoms with E-state index in [4.69, 9.17) is 23.2 Å². The highest BCUT2D eigenvalue weighted by molar-refractivity contribution is 6.39. The fourth-order valence-corrected chi connectivity index (χ4v) is 2.44. The molecule has 0 aromatic heterocycles. The van der Waals surface area contributed by atoms with Crippen LogP contribution in [-0.4, -0.2) is 47.8 Å². The molecule has 0 saturated carbocycles. The normalized spacial score (nSPS) is 32.2. The van der Waals surface area contributed by atoms with Gasteiger partial charge in [-0.1, -0.05) is 23.2 Å². The minimum Gasteiger partial charge on any atom is -0.341 e. The van der Waals surface area contributed by atoms with E-state index in [1.807, 2.05) is 11.1 Å². The Hall–Kier alpha value is -0.250. The van der Waals surface area contributed by atoms with Crippen molar-refractivity contribution >= 4 is 29.4 Å². The maximum absolute atomic E-state index is 6.08. The summed E-state index contributed by atoms with van der Waals surface area (Å²) >= 11 is 12.0. The van der Waals surface area contributed by atoms with Gasteiger partial charge in [0.2, 0.25) is 0 Å². The van der Waals surface area contributed by atoms with E-state index >= 15 is 0 Å². The minimum absolute atomic E-state index is 0.304. The average Bonchev–Trinajstić information content (AvgIpc) is 2.58. The molecule has 3 nitrogen and oxygen atoms in total. The fraction of sp³-hybridized carbons (Fsp3) is 0.700. The summed E-state index contributed by atoms with van der Waals surface area (Å²) in [6.45, 7) is 2.07. The summed E-state index contributed by atoms with van der Waals surface area (Å²) in [7, 11) is 2.15. The van der Waals surface area contributed by atoms with Crippen molar-refractivity contribution in [2.45, 2.75) is 24.5 Å². The third-order valence-electron chi connectivity index (χ3n) is 2.98. The molecule has 1 fully saturated rings. The van der Waals surface area contributed by atoms with Crippen LogP contribution in [0.3, 0.4) is 0 Å². The van der Waals surface area contributed by atoms with Gasteiger partial charge in [-0.3, -0.25) is 4.99 Å². The quantitative estimate of drug-likeness (QED) is 0.550. The van der Waals surface area contributed by atoms with Crippen LogP contribution >= 0.6 is 23.2 Å². The number of halogens is 2. The van der Waals surface area contributed by atoms with Crippen LogP contribution in [0.4, 0.5) is 0 Å². The molecular weight excluding hydrogens is 233 g/mol. The molecule has 0 aromatic rings. The van der Waals surface area contributed by atoms with Gasteiger partial charge in [0.15, 0.2) is 5.62 Å². The summed E-state index contributed by atoms with van der Waals surface area (Å²) in [5, 5.41) is 0.646. The molecule has 0 aliphatic carbocycles. The Kier molecular flexibility index (Phi) is 3.54. The van der Waals surface area contributed by atoms with Crippen LogP contribution in [0, 0.1) is 0 Å². The maximum atomic E-state index is 6.08. The Morgan fingerprint density at radius 3 is 3.07 bits per heavy atom. The van der Waals surface area contributed by atoms with Gasteiger partial charge in [-0.05, 0) is 26.4 Å². The number of alkyl halides is 1. The van der Waals surface area contributed by atoms with Gasteiger partial charge in [0.25, 0.3) is 0 Å². The van der Waals surface area contributed by atoms with Crippen LogP contribution in [0.1, 0.15) is 12.8 Å². The standard InChI is InChI=1S/C10H15Cl2N3/c1-14-4-2-3-9(14)7-15-6-8(11)5-13-10(15)12/h5-6,9-10H,2-4,7H2,1H3.